The zero-order chi connectivity index (χ0) is 57.1. The van der Waals surface area contributed by atoms with Gasteiger partial charge < -0.3 is 14.2 Å². The fraction of sp³-hybridized carbons (Fsp3) is 0.658. The number of rotatable bonds is 58. The molecule has 0 saturated heterocycles. The first-order valence-electron chi connectivity index (χ1n) is 32.7. The van der Waals surface area contributed by atoms with Crippen molar-refractivity contribution < 1.29 is 28.6 Å². The first-order chi connectivity index (χ1) is 39.0. The van der Waals surface area contributed by atoms with Crippen molar-refractivity contribution in [2.75, 3.05) is 13.2 Å². The molecule has 0 amide bonds. The summed E-state index contributed by atoms with van der Waals surface area (Å²) in [6, 6.07) is 0. The molecule has 6 nitrogen and oxygen atoms in total. The van der Waals surface area contributed by atoms with Crippen molar-refractivity contribution in [3.63, 3.8) is 0 Å². The molecule has 0 radical (unpaired) electrons. The van der Waals surface area contributed by atoms with Gasteiger partial charge in [0.15, 0.2) is 6.10 Å². The van der Waals surface area contributed by atoms with E-state index in [0.29, 0.717) is 19.3 Å². The molecule has 0 aliphatic rings. The first kappa shape index (κ1) is 74.5. The van der Waals surface area contributed by atoms with Crippen LogP contribution in [0.3, 0.4) is 0 Å². The predicted molar refractivity (Wildman–Crippen MR) is 343 cm³/mol. The van der Waals surface area contributed by atoms with Crippen molar-refractivity contribution in [2.24, 2.45) is 0 Å². The molecule has 79 heavy (non-hydrogen) atoms. The van der Waals surface area contributed by atoms with Crippen LogP contribution in [0, 0.1) is 0 Å². The van der Waals surface area contributed by atoms with Gasteiger partial charge in [-0.05, 0) is 135 Å². The molecule has 0 aliphatic heterocycles. The van der Waals surface area contributed by atoms with E-state index in [-0.39, 0.29) is 31.1 Å². The van der Waals surface area contributed by atoms with Gasteiger partial charge in [0.25, 0.3) is 0 Å². The second-order valence-electron chi connectivity index (χ2n) is 21.3. The lowest BCUT2D eigenvalue weighted by Crippen LogP contribution is -2.30. The number of hydrogen-bond acceptors (Lipinski definition) is 6. The van der Waals surface area contributed by atoms with Gasteiger partial charge in [-0.25, -0.2) is 0 Å². The Morgan fingerprint density at radius 1 is 0.266 bits per heavy atom. The lowest BCUT2D eigenvalue weighted by Gasteiger charge is -2.18. The summed E-state index contributed by atoms with van der Waals surface area (Å²) in [7, 11) is 0. The Balaban J connectivity index is 4.40. The number of ether oxygens (including phenoxy) is 3. The summed E-state index contributed by atoms with van der Waals surface area (Å²) >= 11 is 0. The molecule has 0 N–H and O–H groups in total. The molecule has 0 aliphatic carbocycles. The van der Waals surface area contributed by atoms with E-state index in [1.807, 2.05) is 0 Å². The van der Waals surface area contributed by atoms with Crippen molar-refractivity contribution in [1.29, 1.82) is 0 Å². The van der Waals surface area contributed by atoms with Crippen LogP contribution in [0.4, 0.5) is 0 Å². The Hall–Kier alpha value is -4.45. The molecule has 0 rings (SSSR count). The maximum Gasteiger partial charge on any atom is 0.306 e. The molecule has 0 bridgehead atoms. The highest BCUT2D eigenvalue weighted by Gasteiger charge is 2.19. The van der Waals surface area contributed by atoms with Crippen LogP contribution in [-0.2, 0) is 28.6 Å². The normalized spacial score (nSPS) is 13.0. The van der Waals surface area contributed by atoms with Gasteiger partial charge in [-0.2, -0.15) is 0 Å². The maximum atomic E-state index is 12.9. The summed E-state index contributed by atoms with van der Waals surface area (Å²) < 4.78 is 16.9. The van der Waals surface area contributed by atoms with Crippen LogP contribution in [0.25, 0.3) is 0 Å². The average Bonchev–Trinajstić information content (AvgIpc) is 3.45. The van der Waals surface area contributed by atoms with Crippen LogP contribution in [-0.4, -0.2) is 37.2 Å². The summed E-state index contributed by atoms with van der Waals surface area (Å²) in [6.45, 7) is 6.38. The zero-order valence-corrected chi connectivity index (χ0v) is 51.3. The van der Waals surface area contributed by atoms with Crippen molar-refractivity contribution in [3.05, 3.63) is 134 Å². The fourth-order valence-electron chi connectivity index (χ4n) is 8.79. The van der Waals surface area contributed by atoms with Gasteiger partial charge in [-0.15, -0.1) is 0 Å². The lowest BCUT2D eigenvalue weighted by molar-refractivity contribution is -0.167. The minimum Gasteiger partial charge on any atom is -0.462 e. The summed E-state index contributed by atoms with van der Waals surface area (Å²) in [5.41, 5.74) is 0. The lowest BCUT2D eigenvalue weighted by atomic mass is 10.1. The van der Waals surface area contributed by atoms with E-state index in [0.717, 1.165) is 148 Å². The number of hydrogen-bond donors (Lipinski definition) is 0. The van der Waals surface area contributed by atoms with Crippen LogP contribution in [0.15, 0.2) is 134 Å². The molecule has 0 saturated carbocycles. The highest BCUT2D eigenvalue weighted by Crippen LogP contribution is 2.15. The van der Waals surface area contributed by atoms with Crippen molar-refractivity contribution in [1.82, 2.24) is 0 Å². The van der Waals surface area contributed by atoms with Gasteiger partial charge in [-0.1, -0.05) is 270 Å². The van der Waals surface area contributed by atoms with Crippen LogP contribution in [0.1, 0.15) is 290 Å². The van der Waals surface area contributed by atoms with Gasteiger partial charge in [0, 0.05) is 19.3 Å². The standard InChI is InChI=1S/C73H120O6/c1-4-7-10-13-16-19-22-25-27-29-31-33-34-35-36-37-38-40-41-43-45-48-51-54-57-60-63-66-72(75)78-69-70(68-77-71(74)65-62-59-56-53-50-47-24-21-18-15-12-9-6-3)79-73(76)67-64-61-58-55-52-49-46-44-42-39-32-30-28-26-23-20-17-14-11-8-5-2/h7,9-10,12,16,18-19,21,25,27,30-33,35-36,38,40,43,45,47,50,70H,4-6,8,11,13-15,17,20,22-24,26,28-29,34,37,39,41-42,44,46,48-49,51-69H2,1-3H3/b10-7-,12-9-,19-16-,21-18-,27-25-,32-30-,33-31-,36-35-,40-38-,45-43-,50-47-. The Kier molecular flexibility index (Phi) is 62.3. The van der Waals surface area contributed by atoms with E-state index in [1.165, 1.54) is 103 Å². The molecule has 448 valence electrons. The molecule has 0 fully saturated rings. The Labute approximate surface area is 487 Å². The number of esters is 3. The van der Waals surface area contributed by atoms with Crippen molar-refractivity contribution >= 4 is 17.9 Å². The average molecular weight is 1090 g/mol. The third kappa shape index (κ3) is 64.3. The number of allylic oxidation sites excluding steroid dienone is 22. The number of unbranched alkanes of at least 4 members (excludes halogenated alkanes) is 25. The van der Waals surface area contributed by atoms with Gasteiger partial charge in [0.2, 0.25) is 0 Å². The third-order valence-corrected chi connectivity index (χ3v) is 13.6. The largest absolute Gasteiger partial charge is 0.462 e. The Bertz CT molecular complexity index is 1680. The highest BCUT2D eigenvalue weighted by molar-refractivity contribution is 5.71. The van der Waals surface area contributed by atoms with Gasteiger partial charge in [0.05, 0.1) is 0 Å². The minimum absolute atomic E-state index is 0.102. The fourth-order valence-corrected chi connectivity index (χ4v) is 8.79. The van der Waals surface area contributed by atoms with E-state index >= 15 is 0 Å². The molecular weight excluding hydrogens is 973 g/mol. The smallest absolute Gasteiger partial charge is 0.306 e. The second-order valence-corrected chi connectivity index (χ2v) is 21.3. The molecule has 1 atom stereocenters. The van der Waals surface area contributed by atoms with E-state index < -0.39 is 6.10 Å². The molecule has 1 unspecified atom stereocenters. The zero-order valence-electron chi connectivity index (χ0n) is 51.3. The number of carbonyl (C=O) groups is 3. The predicted octanol–water partition coefficient (Wildman–Crippen LogP) is 22.5. The molecule has 0 spiro atoms. The van der Waals surface area contributed by atoms with E-state index in [1.54, 1.807) is 0 Å². The van der Waals surface area contributed by atoms with Crippen molar-refractivity contribution in [3.8, 4) is 0 Å². The van der Waals surface area contributed by atoms with Crippen LogP contribution < -0.4 is 0 Å². The molecule has 0 aromatic carbocycles. The van der Waals surface area contributed by atoms with Gasteiger partial charge in [-0.3, -0.25) is 14.4 Å². The quantitative estimate of drug-likeness (QED) is 0.0261. The summed E-state index contributed by atoms with van der Waals surface area (Å²) in [5.74, 6) is -0.948. The SMILES string of the molecule is CC/C=C\C/C=C\C/C=C\C/C=C\C/C=C\C/C=C\C/C=C\CCCCCCCC(=O)OCC(COC(=O)CCCCC/C=C\C/C=C\C/C=C\CC)OC(=O)CCCCCCCCCCC/C=C\CCCCCCCCCC. The molecule has 0 heterocycles. The minimum atomic E-state index is -0.805. The summed E-state index contributed by atoms with van der Waals surface area (Å²) in [5, 5.41) is 0. The molecule has 0 aromatic rings. The second kappa shape index (κ2) is 66.1. The third-order valence-electron chi connectivity index (χ3n) is 13.6. The highest BCUT2D eigenvalue weighted by atomic mass is 16.6. The topological polar surface area (TPSA) is 78.9 Å². The molecule has 0 aromatic heterocycles. The van der Waals surface area contributed by atoms with Crippen LogP contribution >= 0.6 is 0 Å². The maximum absolute atomic E-state index is 12.9. The van der Waals surface area contributed by atoms with Crippen LogP contribution in [0.5, 0.6) is 0 Å². The van der Waals surface area contributed by atoms with Crippen LogP contribution in [0.2, 0.25) is 0 Å². The van der Waals surface area contributed by atoms with E-state index in [2.05, 4.69) is 154 Å². The summed E-state index contributed by atoms with van der Waals surface area (Å²) in [4.78, 5) is 38.3. The molecular formula is C73H120O6. The van der Waals surface area contributed by atoms with Gasteiger partial charge in [0.1, 0.15) is 13.2 Å². The molecule has 6 heteroatoms. The summed E-state index contributed by atoms with van der Waals surface area (Å²) in [6.07, 6.45) is 93.2. The monoisotopic (exact) mass is 1090 g/mol. The first-order valence-corrected chi connectivity index (χ1v) is 32.7. The Morgan fingerprint density at radius 2 is 0.494 bits per heavy atom. The van der Waals surface area contributed by atoms with Gasteiger partial charge >= 0.3 is 17.9 Å². The number of carbonyl (C=O) groups excluding carboxylic acids is 3. The van der Waals surface area contributed by atoms with E-state index in [4.69, 9.17) is 14.2 Å². The van der Waals surface area contributed by atoms with E-state index in [9.17, 15) is 14.4 Å². The van der Waals surface area contributed by atoms with Crippen molar-refractivity contribution in [2.45, 2.75) is 297 Å². The Morgan fingerprint density at radius 3 is 0.797 bits per heavy atom.